The van der Waals surface area contributed by atoms with Gasteiger partial charge in [-0.3, -0.25) is 0 Å². The van der Waals surface area contributed by atoms with Gasteiger partial charge in [-0.25, -0.2) is 18.4 Å². The lowest BCUT2D eigenvalue weighted by atomic mass is 9.97. The molecule has 1 aliphatic carbocycles. The molecular weight excluding hydrogens is 356 g/mol. The van der Waals surface area contributed by atoms with Gasteiger partial charge in [-0.15, -0.1) is 0 Å². The van der Waals surface area contributed by atoms with E-state index in [2.05, 4.69) is 0 Å². The summed E-state index contributed by atoms with van der Waals surface area (Å²) in [6, 6.07) is 2.53. The van der Waals surface area contributed by atoms with Gasteiger partial charge in [0.1, 0.15) is 10.5 Å². The second kappa shape index (κ2) is 6.77. The van der Waals surface area contributed by atoms with Crippen molar-refractivity contribution in [3.05, 3.63) is 42.0 Å². The quantitative estimate of drug-likeness (QED) is 0.813. The van der Waals surface area contributed by atoms with Crippen LogP contribution in [0.1, 0.15) is 36.5 Å². The maximum Gasteiger partial charge on any atom is 0.335 e. The Labute approximate surface area is 152 Å². The van der Waals surface area contributed by atoms with Crippen molar-refractivity contribution >= 4 is 21.7 Å². The van der Waals surface area contributed by atoms with Gasteiger partial charge in [0.2, 0.25) is 10.0 Å². The number of allylic oxidation sites excluding steroid dienone is 2. The highest BCUT2D eigenvalue weighted by atomic mass is 32.2. The summed E-state index contributed by atoms with van der Waals surface area (Å²) in [5.74, 6) is -1.10. The largest absolute Gasteiger partial charge is 0.480 e. The van der Waals surface area contributed by atoms with Gasteiger partial charge in [-0.2, -0.15) is 0 Å². The number of hydrogen-bond donors (Lipinski definition) is 2. The fourth-order valence-electron chi connectivity index (χ4n) is 3.23. The maximum absolute atomic E-state index is 12.2. The van der Waals surface area contributed by atoms with Crippen LogP contribution in [0.2, 0.25) is 0 Å². The van der Waals surface area contributed by atoms with Crippen molar-refractivity contribution in [2.45, 2.75) is 36.7 Å². The van der Waals surface area contributed by atoms with Gasteiger partial charge < -0.3 is 14.7 Å². The van der Waals surface area contributed by atoms with E-state index in [4.69, 9.17) is 9.88 Å². The van der Waals surface area contributed by atoms with Gasteiger partial charge >= 0.3 is 5.97 Å². The highest BCUT2D eigenvalue weighted by Crippen LogP contribution is 2.41. The number of nitrogens with zero attached hydrogens (tertiary/aromatic N) is 1. The third-order valence-electron chi connectivity index (χ3n) is 4.59. The zero-order valence-electron chi connectivity index (χ0n) is 14.5. The molecule has 140 valence electrons. The predicted octanol–water partition coefficient (Wildman–Crippen LogP) is 2.29. The van der Waals surface area contributed by atoms with Crippen LogP contribution in [0.5, 0.6) is 5.75 Å². The Morgan fingerprint density at radius 1 is 1.27 bits per heavy atom. The van der Waals surface area contributed by atoms with Gasteiger partial charge in [-0.1, -0.05) is 18.2 Å². The molecule has 1 atom stereocenters. The van der Waals surface area contributed by atoms with Crippen LogP contribution in [0, 0.1) is 0 Å². The van der Waals surface area contributed by atoms with E-state index in [1.165, 1.54) is 6.07 Å². The normalized spacial score (nSPS) is 22.6. The Kier molecular flexibility index (Phi) is 4.81. The lowest BCUT2D eigenvalue weighted by Crippen LogP contribution is -2.32. The summed E-state index contributed by atoms with van der Waals surface area (Å²) in [5.41, 5.74) is -0.420. The summed E-state index contributed by atoms with van der Waals surface area (Å²) in [7, 11) is -4.18. The van der Waals surface area contributed by atoms with Crippen molar-refractivity contribution in [2.75, 3.05) is 18.0 Å². The minimum atomic E-state index is -4.18. The third-order valence-corrected chi connectivity index (χ3v) is 5.51. The molecule has 7 nitrogen and oxygen atoms in total. The van der Waals surface area contributed by atoms with Gasteiger partial charge in [0, 0.05) is 19.5 Å². The molecule has 1 heterocycles. The molecule has 1 saturated heterocycles. The zero-order valence-corrected chi connectivity index (χ0v) is 15.3. The van der Waals surface area contributed by atoms with Crippen LogP contribution < -0.4 is 14.8 Å². The number of rotatable bonds is 5. The Hall–Kier alpha value is -2.32. The molecule has 3 N–H and O–H groups in total. The number of hydrogen-bond acceptors (Lipinski definition) is 5. The van der Waals surface area contributed by atoms with Crippen LogP contribution in [0.4, 0.5) is 5.69 Å². The number of carboxylic acids is 1. The van der Waals surface area contributed by atoms with Crippen molar-refractivity contribution in [2.24, 2.45) is 5.14 Å². The lowest BCUT2D eigenvalue weighted by Gasteiger charge is -2.32. The number of benzene rings is 1. The number of carboxylic acid groups (broad SMARTS) is 1. The van der Waals surface area contributed by atoms with Gasteiger partial charge in [-0.05, 0) is 38.0 Å². The predicted molar refractivity (Wildman–Crippen MR) is 98.2 cm³/mol. The fraction of sp³-hybridized carbons (Fsp3) is 0.389. The molecule has 1 unspecified atom stereocenters. The molecule has 0 saturated carbocycles. The average Bonchev–Trinajstić information content (AvgIpc) is 3.08. The molecule has 0 spiro atoms. The lowest BCUT2D eigenvalue weighted by molar-refractivity contribution is 0.0696. The van der Waals surface area contributed by atoms with E-state index in [-0.39, 0.29) is 16.2 Å². The van der Waals surface area contributed by atoms with Crippen molar-refractivity contribution in [3.8, 4) is 5.75 Å². The van der Waals surface area contributed by atoms with Crippen LogP contribution in [0.25, 0.3) is 0 Å². The van der Waals surface area contributed by atoms with Crippen LogP contribution in [-0.2, 0) is 10.0 Å². The smallest absolute Gasteiger partial charge is 0.335 e. The molecule has 26 heavy (non-hydrogen) atoms. The van der Waals surface area contributed by atoms with Crippen LogP contribution in [-0.4, -0.2) is 38.2 Å². The van der Waals surface area contributed by atoms with Crippen LogP contribution in [0.15, 0.2) is 41.3 Å². The maximum atomic E-state index is 12.2. The van der Waals surface area contributed by atoms with Gasteiger partial charge in [0.05, 0.1) is 11.3 Å². The third kappa shape index (κ3) is 3.76. The number of primary sulfonamides is 1. The minimum Gasteiger partial charge on any atom is -0.480 e. The number of sulfonamides is 1. The number of anilines is 1. The van der Waals surface area contributed by atoms with E-state index in [1.54, 1.807) is 0 Å². The molecule has 0 bridgehead atoms. The fourth-order valence-corrected chi connectivity index (χ4v) is 3.93. The SMILES string of the molecule is CC1(Oc2c(N3CCCC3)cc(C(=O)O)cc2S(N)(=O)=O)C=CC=CC1. The summed E-state index contributed by atoms with van der Waals surface area (Å²) in [4.78, 5) is 13.1. The first kappa shape index (κ1) is 18.5. The molecule has 1 aromatic carbocycles. The van der Waals surface area contributed by atoms with E-state index < -0.39 is 21.6 Å². The Bertz CT molecular complexity index is 885. The van der Waals surface area contributed by atoms with E-state index >= 15 is 0 Å². The molecule has 1 aromatic rings. The molecule has 2 aliphatic rings. The number of ether oxygens (including phenoxy) is 1. The van der Waals surface area contributed by atoms with E-state index in [0.29, 0.717) is 25.2 Å². The summed E-state index contributed by atoms with van der Waals surface area (Å²) in [6.07, 6.45) is 9.95. The molecule has 0 aromatic heterocycles. The number of aromatic carboxylic acids is 1. The van der Waals surface area contributed by atoms with Crippen LogP contribution >= 0.6 is 0 Å². The summed E-state index contributed by atoms with van der Waals surface area (Å²) >= 11 is 0. The number of carbonyl (C=O) groups is 1. The molecular formula is C18H22N2O5S. The monoisotopic (exact) mass is 378 g/mol. The Morgan fingerprint density at radius 3 is 2.50 bits per heavy atom. The Balaban J connectivity index is 2.19. The molecule has 1 fully saturated rings. The molecule has 3 rings (SSSR count). The standard InChI is InChI=1S/C18H22N2O5S/c1-18(7-3-2-4-8-18)25-16-14(20-9-5-6-10-20)11-13(17(21)22)12-15(16)26(19,23)24/h2-4,7,11-12H,5-6,8-10H2,1H3,(H,21,22)(H2,19,23,24). The van der Waals surface area contributed by atoms with Crippen LogP contribution in [0.3, 0.4) is 0 Å². The average molecular weight is 378 g/mol. The molecule has 0 amide bonds. The minimum absolute atomic E-state index is 0.113. The van der Waals surface area contributed by atoms with E-state index in [1.807, 2.05) is 36.1 Å². The highest BCUT2D eigenvalue weighted by Gasteiger charge is 2.32. The second-order valence-electron chi connectivity index (χ2n) is 6.77. The molecule has 0 radical (unpaired) electrons. The van der Waals surface area contributed by atoms with Crippen molar-refractivity contribution < 1.29 is 23.1 Å². The second-order valence-corrected chi connectivity index (χ2v) is 8.30. The first-order chi connectivity index (χ1) is 12.2. The van der Waals surface area contributed by atoms with Crippen molar-refractivity contribution in [1.29, 1.82) is 0 Å². The van der Waals surface area contributed by atoms with Gasteiger partial charge in [0.15, 0.2) is 5.75 Å². The topological polar surface area (TPSA) is 110 Å². The molecule has 1 aliphatic heterocycles. The van der Waals surface area contributed by atoms with Crippen molar-refractivity contribution in [3.63, 3.8) is 0 Å². The van der Waals surface area contributed by atoms with Crippen molar-refractivity contribution in [1.82, 2.24) is 0 Å². The van der Waals surface area contributed by atoms with E-state index in [0.717, 1.165) is 18.9 Å². The summed E-state index contributed by atoms with van der Waals surface area (Å²) in [5, 5.41) is 14.8. The summed E-state index contributed by atoms with van der Waals surface area (Å²) in [6.45, 7) is 3.25. The first-order valence-corrected chi connectivity index (χ1v) is 9.97. The zero-order chi connectivity index (χ0) is 18.9. The number of nitrogens with two attached hydrogens (primary N) is 1. The first-order valence-electron chi connectivity index (χ1n) is 8.42. The molecule has 8 heteroatoms. The highest BCUT2D eigenvalue weighted by molar-refractivity contribution is 7.89. The van der Waals surface area contributed by atoms with E-state index in [9.17, 15) is 18.3 Å². The summed E-state index contributed by atoms with van der Waals surface area (Å²) < 4.78 is 30.5. The Morgan fingerprint density at radius 2 is 1.96 bits per heavy atom. The van der Waals surface area contributed by atoms with Gasteiger partial charge in [0.25, 0.3) is 0 Å².